The molecule has 1 aromatic carbocycles. The van der Waals surface area contributed by atoms with Crippen LogP contribution in [0.4, 0.5) is 0 Å². The number of nitrogens with one attached hydrogen (secondary N) is 2. The molecule has 3 N–H and O–H groups in total. The molecular formula is C31H51N3O5. The van der Waals surface area contributed by atoms with Gasteiger partial charge in [0.1, 0.15) is 11.5 Å². The molecule has 39 heavy (non-hydrogen) atoms. The Balaban J connectivity index is 1.56. The molecular weight excluding hydrogens is 494 g/mol. The molecule has 220 valence electrons. The van der Waals surface area contributed by atoms with Crippen LogP contribution in [0.25, 0.3) is 0 Å². The van der Waals surface area contributed by atoms with Crippen LogP contribution >= 0.6 is 0 Å². The molecule has 2 aliphatic rings. The van der Waals surface area contributed by atoms with E-state index >= 15 is 0 Å². The molecule has 8 nitrogen and oxygen atoms in total. The summed E-state index contributed by atoms with van der Waals surface area (Å²) in [6, 6.07) is 5.86. The van der Waals surface area contributed by atoms with Crippen LogP contribution in [0, 0.1) is 11.8 Å². The second-order valence-electron chi connectivity index (χ2n) is 11.7. The van der Waals surface area contributed by atoms with Gasteiger partial charge in [0.25, 0.3) is 5.91 Å². The van der Waals surface area contributed by atoms with Gasteiger partial charge in [-0.2, -0.15) is 0 Å². The number of hydrogen-bond acceptors (Lipinski definition) is 7. The maximum atomic E-state index is 13.7. The van der Waals surface area contributed by atoms with Gasteiger partial charge in [-0.3, -0.25) is 9.59 Å². The molecule has 1 heterocycles. The zero-order valence-corrected chi connectivity index (χ0v) is 24.6. The van der Waals surface area contributed by atoms with E-state index < -0.39 is 5.60 Å². The van der Waals surface area contributed by atoms with E-state index in [-0.39, 0.29) is 30.7 Å². The second-order valence-corrected chi connectivity index (χ2v) is 11.7. The van der Waals surface area contributed by atoms with E-state index in [9.17, 15) is 14.7 Å². The van der Waals surface area contributed by atoms with Crippen molar-refractivity contribution in [3.05, 3.63) is 29.3 Å². The second kappa shape index (κ2) is 15.7. The van der Waals surface area contributed by atoms with Crippen molar-refractivity contribution < 1.29 is 24.2 Å². The number of rotatable bonds is 16. The van der Waals surface area contributed by atoms with Gasteiger partial charge in [-0.05, 0) is 75.7 Å². The molecule has 1 aromatic rings. The number of ether oxygens (including phenoxy) is 2. The van der Waals surface area contributed by atoms with Crippen LogP contribution in [0.2, 0.25) is 0 Å². The maximum Gasteiger partial charge on any atom is 0.254 e. The fourth-order valence-electron chi connectivity index (χ4n) is 5.90. The van der Waals surface area contributed by atoms with Crippen molar-refractivity contribution >= 4 is 11.7 Å². The summed E-state index contributed by atoms with van der Waals surface area (Å²) in [5.74, 6) is 1.49. The lowest BCUT2D eigenvalue weighted by molar-refractivity contribution is -0.124. The first kappa shape index (κ1) is 31.5. The van der Waals surface area contributed by atoms with Gasteiger partial charge in [-0.25, -0.2) is 0 Å². The first-order valence-corrected chi connectivity index (χ1v) is 15.0. The Hall–Kier alpha value is -2.00. The quantitative estimate of drug-likeness (QED) is 0.273. The fourth-order valence-corrected chi connectivity index (χ4v) is 5.90. The maximum absolute atomic E-state index is 13.7. The molecule has 0 bridgehead atoms. The van der Waals surface area contributed by atoms with Crippen molar-refractivity contribution in [2.75, 3.05) is 53.0 Å². The predicted octanol–water partition coefficient (Wildman–Crippen LogP) is 3.59. The van der Waals surface area contributed by atoms with E-state index in [1.54, 1.807) is 7.11 Å². The number of benzene rings is 1. The number of nitrogens with zero attached hydrogens (tertiary/aromatic N) is 1. The summed E-state index contributed by atoms with van der Waals surface area (Å²) < 4.78 is 11.1. The molecule has 0 spiro atoms. The van der Waals surface area contributed by atoms with Crippen molar-refractivity contribution in [2.24, 2.45) is 11.8 Å². The number of carbonyl (C=O) groups is 2. The minimum absolute atomic E-state index is 0.0175. The van der Waals surface area contributed by atoms with E-state index in [1.807, 2.05) is 23.1 Å². The molecule has 1 aliphatic heterocycles. The number of ketones is 1. The van der Waals surface area contributed by atoms with Crippen LogP contribution in [0.15, 0.2) is 18.2 Å². The SMILES string of the molecule is CCc1ccc(C(=O)N(C[C@@H]2CNC[C@H]2CNCC(=O)CC2(O)CCCCC2)C(C)C)cc1OCCCOC. The Labute approximate surface area is 235 Å². The average Bonchev–Trinajstić information content (AvgIpc) is 3.36. The number of methoxy groups -OCH3 is 1. The first-order valence-electron chi connectivity index (χ1n) is 15.0. The zero-order chi connectivity index (χ0) is 28.3. The van der Waals surface area contributed by atoms with Crippen molar-refractivity contribution in [1.29, 1.82) is 0 Å². The molecule has 1 aliphatic carbocycles. The molecule has 1 saturated heterocycles. The summed E-state index contributed by atoms with van der Waals surface area (Å²) in [5, 5.41) is 17.5. The highest BCUT2D eigenvalue weighted by Crippen LogP contribution is 2.31. The average molecular weight is 546 g/mol. The van der Waals surface area contributed by atoms with Gasteiger partial charge in [-0.1, -0.05) is 32.3 Å². The standard InChI is InChI=1S/C31H51N3O5/c1-5-24-10-11-25(16-29(24)39-15-9-14-38-4)30(36)34(23(2)3)22-27-20-32-18-26(27)19-33-21-28(35)17-31(37)12-7-6-8-13-31/h10-11,16,23,26-27,32-33,37H,5-9,12-15,17-22H2,1-4H3/t26-,27-/m0/s1. The lowest BCUT2D eigenvalue weighted by Gasteiger charge is -2.32. The van der Waals surface area contributed by atoms with Gasteiger partial charge in [0.2, 0.25) is 0 Å². The van der Waals surface area contributed by atoms with Crippen molar-refractivity contribution in [3.63, 3.8) is 0 Å². The van der Waals surface area contributed by atoms with Gasteiger partial charge >= 0.3 is 0 Å². The highest BCUT2D eigenvalue weighted by Gasteiger charge is 2.33. The fraction of sp³-hybridized carbons (Fsp3) is 0.742. The van der Waals surface area contributed by atoms with Gasteiger partial charge in [0, 0.05) is 51.3 Å². The first-order chi connectivity index (χ1) is 18.8. The predicted molar refractivity (Wildman–Crippen MR) is 154 cm³/mol. The Bertz CT molecular complexity index is 915. The topological polar surface area (TPSA) is 100 Å². The smallest absolute Gasteiger partial charge is 0.254 e. The van der Waals surface area contributed by atoms with E-state index in [1.165, 1.54) is 0 Å². The number of carbonyl (C=O) groups excluding carboxylic acids is 2. The molecule has 1 saturated carbocycles. The van der Waals surface area contributed by atoms with E-state index in [0.717, 1.165) is 69.3 Å². The normalized spacial score (nSPS) is 20.8. The van der Waals surface area contributed by atoms with Crippen molar-refractivity contribution in [3.8, 4) is 5.75 Å². The molecule has 2 fully saturated rings. The van der Waals surface area contributed by atoms with Gasteiger partial charge < -0.3 is 30.1 Å². The summed E-state index contributed by atoms with van der Waals surface area (Å²) in [7, 11) is 1.68. The third-order valence-electron chi connectivity index (χ3n) is 8.28. The van der Waals surface area contributed by atoms with Crippen molar-refractivity contribution in [2.45, 2.75) is 83.8 Å². The van der Waals surface area contributed by atoms with Crippen LogP contribution in [0.5, 0.6) is 5.75 Å². The van der Waals surface area contributed by atoms with Crippen LogP contribution in [-0.4, -0.2) is 86.4 Å². The lowest BCUT2D eigenvalue weighted by Crippen LogP contribution is -2.43. The minimum Gasteiger partial charge on any atom is -0.493 e. The van der Waals surface area contributed by atoms with Crippen molar-refractivity contribution in [1.82, 2.24) is 15.5 Å². The van der Waals surface area contributed by atoms with E-state index in [2.05, 4.69) is 31.4 Å². The Morgan fingerprint density at radius 3 is 2.59 bits per heavy atom. The minimum atomic E-state index is -0.809. The third kappa shape index (κ3) is 9.55. The number of aliphatic hydroxyl groups is 1. The van der Waals surface area contributed by atoms with Gasteiger partial charge in [0.05, 0.1) is 18.8 Å². The number of hydrogen-bond donors (Lipinski definition) is 3. The monoisotopic (exact) mass is 545 g/mol. The van der Waals surface area contributed by atoms with E-state index in [0.29, 0.717) is 43.7 Å². The van der Waals surface area contributed by atoms with Crippen LogP contribution in [-0.2, 0) is 16.0 Å². The van der Waals surface area contributed by atoms with Crippen LogP contribution in [0.3, 0.4) is 0 Å². The molecule has 0 radical (unpaired) electrons. The molecule has 8 heteroatoms. The molecule has 0 unspecified atom stereocenters. The molecule has 2 atom stereocenters. The summed E-state index contributed by atoms with van der Waals surface area (Å²) >= 11 is 0. The summed E-state index contributed by atoms with van der Waals surface area (Å²) in [4.78, 5) is 28.2. The largest absolute Gasteiger partial charge is 0.493 e. The Morgan fingerprint density at radius 2 is 1.90 bits per heavy atom. The van der Waals surface area contributed by atoms with Gasteiger partial charge in [0.15, 0.2) is 0 Å². The highest BCUT2D eigenvalue weighted by atomic mass is 16.5. The van der Waals surface area contributed by atoms with Gasteiger partial charge in [-0.15, -0.1) is 0 Å². The van der Waals surface area contributed by atoms with Crippen LogP contribution < -0.4 is 15.4 Å². The summed E-state index contributed by atoms with van der Waals surface area (Å²) in [6.07, 6.45) is 6.50. The van der Waals surface area contributed by atoms with E-state index in [4.69, 9.17) is 9.47 Å². The Kier molecular flexibility index (Phi) is 12.7. The molecule has 3 rings (SSSR count). The summed E-state index contributed by atoms with van der Waals surface area (Å²) in [5.41, 5.74) is 0.933. The molecule has 0 aromatic heterocycles. The molecule has 1 amide bonds. The highest BCUT2D eigenvalue weighted by molar-refractivity contribution is 5.95. The number of amides is 1. The third-order valence-corrected chi connectivity index (χ3v) is 8.28. The number of aryl methyl sites for hydroxylation is 1. The Morgan fingerprint density at radius 1 is 1.15 bits per heavy atom. The van der Waals surface area contributed by atoms with Crippen LogP contribution in [0.1, 0.15) is 81.6 Å². The number of Topliss-reactive ketones (excluding diaryl/α,β-unsaturated/α-hetero) is 1. The summed E-state index contributed by atoms with van der Waals surface area (Å²) in [6.45, 7) is 10.8. The lowest BCUT2D eigenvalue weighted by atomic mass is 9.81. The zero-order valence-electron chi connectivity index (χ0n) is 24.6.